The minimum atomic E-state index is 0.366. The highest BCUT2D eigenvalue weighted by atomic mass is 14.7. The van der Waals surface area contributed by atoms with E-state index in [0.29, 0.717) is 17.9 Å². The molecule has 2 N–H and O–H groups in total. The first-order valence-corrected chi connectivity index (χ1v) is 4.76. The van der Waals surface area contributed by atoms with E-state index in [9.17, 15) is 0 Å². The van der Waals surface area contributed by atoms with E-state index in [4.69, 9.17) is 5.73 Å². The lowest BCUT2D eigenvalue weighted by Gasteiger charge is -2.27. The van der Waals surface area contributed by atoms with Crippen molar-refractivity contribution in [3.8, 4) is 0 Å². The second-order valence-electron chi connectivity index (χ2n) is 4.07. The first-order chi connectivity index (χ1) is 5.00. The fourth-order valence-electron chi connectivity index (χ4n) is 1.36. The summed E-state index contributed by atoms with van der Waals surface area (Å²) >= 11 is 0. The summed E-state index contributed by atoms with van der Waals surface area (Å²) < 4.78 is 0. The second-order valence-corrected chi connectivity index (χ2v) is 4.07. The lowest BCUT2D eigenvalue weighted by atomic mass is 9.83. The predicted molar refractivity (Wildman–Crippen MR) is 51.4 cm³/mol. The van der Waals surface area contributed by atoms with E-state index in [2.05, 4.69) is 34.6 Å². The van der Waals surface area contributed by atoms with E-state index in [1.807, 2.05) is 0 Å². The zero-order valence-corrected chi connectivity index (χ0v) is 8.59. The van der Waals surface area contributed by atoms with Gasteiger partial charge in [-0.15, -0.1) is 0 Å². The van der Waals surface area contributed by atoms with E-state index in [-0.39, 0.29) is 0 Å². The zero-order valence-electron chi connectivity index (χ0n) is 8.59. The fraction of sp³-hybridized carbons (Fsp3) is 1.00. The highest BCUT2D eigenvalue weighted by molar-refractivity contribution is 4.75. The van der Waals surface area contributed by atoms with Gasteiger partial charge in [-0.1, -0.05) is 41.0 Å². The Labute approximate surface area is 71.4 Å². The molecule has 0 radical (unpaired) electrons. The molecule has 3 unspecified atom stereocenters. The van der Waals surface area contributed by atoms with Crippen LogP contribution < -0.4 is 5.73 Å². The number of hydrogen-bond acceptors (Lipinski definition) is 1. The fourth-order valence-corrected chi connectivity index (χ4v) is 1.36. The minimum Gasteiger partial charge on any atom is -0.327 e. The normalized spacial score (nSPS) is 19.9. The molecule has 0 rings (SSSR count). The second kappa shape index (κ2) is 4.76. The van der Waals surface area contributed by atoms with E-state index >= 15 is 0 Å². The third-order valence-electron chi connectivity index (χ3n) is 2.92. The van der Waals surface area contributed by atoms with Crippen molar-refractivity contribution >= 4 is 0 Å². The van der Waals surface area contributed by atoms with Crippen LogP contribution in [0.2, 0.25) is 0 Å². The molecule has 0 heterocycles. The summed E-state index contributed by atoms with van der Waals surface area (Å²) in [5.74, 6) is 2.02. The summed E-state index contributed by atoms with van der Waals surface area (Å²) in [6, 6.07) is 0.366. The molecule has 68 valence electrons. The van der Waals surface area contributed by atoms with Crippen LogP contribution in [0, 0.1) is 17.8 Å². The first kappa shape index (κ1) is 11.0. The third-order valence-corrected chi connectivity index (χ3v) is 2.92. The molecule has 1 heteroatoms. The SMILES string of the molecule is CCC(C)C(C)C(N)C(C)C. The monoisotopic (exact) mass is 157 g/mol. The zero-order chi connectivity index (χ0) is 9.02. The summed E-state index contributed by atoms with van der Waals surface area (Å²) in [7, 11) is 0. The molecule has 0 aromatic rings. The molecule has 0 bridgehead atoms. The highest BCUT2D eigenvalue weighted by Crippen LogP contribution is 2.21. The summed E-state index contributed by atoms with van der Waals surface area (Å²) in [6.07, 6.45) is 1.24. The lowest BCUT2D eigenvalue weighted by molar-refractivity contribution is 0.270. The van der Waals surface area contributed by atoms with Crippen molar-refractivity contribution in [3.63, 3.8) is 0 Å². The summed E-state index contributed by atoms with van der Waals surface area (Å²) in [6.45, 7) is 11.2. The van der Waals surface area contributed by atoms with Crippen molar-refractivity contribution < 1.29 is 0 Å². The van der Waals surface area contributed by atoms with Gasteiger partial charge in [0.1, 0.15) is 0 Å². The molecule has 0 aliphatic rings. The molecule has 0 amide bonds. The van der Waals surface area contributed by atoms with Gasteiger partial charge in [0, 0.05) is 6.04 Å². The lowest BCUT2D eigenvalue weighted by Crippen LogP contribution is -2.36. The molecule has 0 aliphatic carbocycles. The van der Waals surface area contributed by atoms with Crippen LogP contribution in [0.15, 0.2) is 0 Å². The maximum absolute atomic E-state index is 6.04. The van der Waals surface area contributed by atoms with Crippen molar-refractivity contribution in [1.29, 1.82) is 0 Å². The molecule has 0 fully saturated rings. The Bertz CT molecular complexity index is 99.0. The summed E-state index contributed by atoms with van der Waals surface area (Å²) in [5, 5.41) is 0. The first-order valence-electron chi connectivity index (χ1n) is 4.76. The van der Waals surface area contributed by atoms with Crippen LogP contribution in [0.5, 0.6) is 0 Å². The molecule has 0 aliphatic heterocycles. The van der Waals surface area contributed by atoms with Gasteiger partial charge < -0.3 is 5.73 Å². The molecule has 11 heavy (non-hydrogen) atoms. The van der Waals surface area contributed by atoms with Crippen LogP contribution in [-0.4, -0.2) is 6.04 Å². The molecule has 0 aromatic carbocycles. The van der Waals surface area contributed by atoms with Crippen LogP contribution in [0.3, 0.4) is 0 Å². The van der Waals surface area contributed by atoms with Gasteiger partial charge in [0.25, 0.3) is 0 Å². The Hall–Kier alpha value is -0.0400. The number of nitrogens with two attached hydrogens (primary N) is 1. The Balaban J connectivity index is 3.90. The van der Waals surface area contributed by atoms with Crippen LogP contribution in [0.25, 0.3) is 0 Å². The van der Waals surface area contributed by atoms with Crippen molar-refractivity contribution in [2.45, 2.75) is 47.1 Å². The molecular formula is C10H23N. The Morgan fingerprint density at radius 2 is 1.55 bits per heavy atom. The Kier molecular flexibility index (Phi) is 4.74. The average Bonchev–Trinajstić information content (AvgIpc) is 2.00. The van der Waals surface area contributed by atoms with Crippen molar-refractivity contribution in [3.05, 3.63) is 0 Å². The van der Waals surface area contributed by atoms with Gasteiger partial charge in [-0.25, -0.2) is 0 Å². The van der Waals surface area contributed by atoms with Gasteiger partial charge in [0.05, 0.1) is 0 Å². The van der Waals surface area contributed by atoms with Crippen LogP contribution >= 0.6 is 0 Å². The van der Waals surface area contributed by atoms with Gasteiger partial charge in [-0.2, -0.15) is 0 Å². The maximum Gasteiger partial charge on any atom is 0.00902 e. The average molecular weight is 157 g/mol. The topological polar surface area (TPSA) is 26.0 Å². The minimum absolute atomic E-state index is 0.366. The smallest absolute Gasteiger partial charge is 0.00902 e. The molecule has 0 saturated heterocycles. The summed E-state index contributed by atoms with van der Waals surface area (Å²) in [5.41, 5.74) is 6.04. The molecule has 3 atom stereocenters. The van der Waals surface area contributed by atoms with Gasteiger partial charge in [0.2, 0.25) is 0 Å². The number of rotatable bonds is 4. The van der Waals surface area contributed by atoms with Gasteiger partial charge in [-0.3, -0.25) is 0 Å². The highest BCUT2D eigenvalue weighted by Gasteiger charge is 2.20. The maximum atomic E-state index is 6.04. The Morgan fingerprint density at radius 1 is 1.09 bits per heavy atom. The molecule has 1 nitrogen and oxygen atoms in total. The van der Waals surface area contributed by atoms with Gasteiger partial charge >= 0.3 is 0 Å². The molecule has 0 spiro atoms. The van der Waals surface area contributed by atoms with Crippen molar-refractivity contribution in [2.24, 2.45) is 23.5 Å². The molecule has 0 saturated carbocycles. The third kappa shape index (κ3) is 3.24. The van der Waals surface area contributed by atoms with Crippen LogP contribution in [0.1, 0.15) is 41.0 Å². The standard InChI is InChI=1S/C10H23N/c1-6-8(4)9(5)10(11)7(2)3/h7-10H,6,11H2,1-5H3. The summed E-state index contributed by atoms with van der Waals surface area (Å²) in [4.78, 5) is 0. The molecule has 0 aromatic heterocycles. The van der Waals surface area contributed by atoms with Crippen molar-refractivity contribution in [2.75, 3.05) is 0 Å². The predicted octanol–water partition coefficient (Wildman–Crippen LogP) is 2.65. The van der Waals surface area contributed by atoms with E-state index < -0.39 is 0 Å². The van der Waals surface area contributed by atoms with E-state index in [1.165, 1.54) is 6.42 Å². The van der Waals surface area contributed by atoms with Crippen molar-refractivity contribution in [1.82, 2.24) is 0 Å². The van der Waals surface area contributed by atoms with Gasteiger partial charge in [0.15, 0.2) is 0 Å². The van der Waals surface area contributed by atoms with Gasteiger partial charge in [-0.05, 0) is 17.8 Å². The number of hydrogen-bond donors (Lipinski definition) is 1. The Morgan fingerprint density at radius 3 is 1.82 bits per heavy atom. The van der Waals surface area contributed by atoms with E-state index in [1.54, 1.807) is 0 Å². The van der Waals surface area contributed by atoms with Crippen LogP contribution in [-0.2, 0) is 0 Å². The van der Waals surface area contributed by atoms with E-state index in [0.717, 1.165) is 5.92 Å². The molecular weight excluding hydrogens is 134 g/mol. The largest absolute Gasteiger partial charge is 0.327 e. The quantitative estimate of drug-likeness (QED) is 0.667. The van der Waals surface area contributed by atoms with Crippen LogP contribution in [0.4, 0.5) is 0 Å².